The molecule has 0 spiro atoms. The van der Waals surface area contributed by atoms with Crippen LogP contribution in [0.1, 0.15) is 24.8 Å². The number of hydrogen-bond acceptors (Lipinski definition) is 1. The molecule has 0 fully saturated rings. The summed E-state index contributed by atoms with van der Waals surface area (Å²) < 4.78 is 0. The lowest BCUT2D eigenvalue weighted by Gasteiger charge is -2.19. The monoisotopic (exact) mass is 346 g/mol. The zero-order valence-corrected chi connectivity index (χ0v) is 15.2. The van der Waals surface area contributed by atoms with Gasteiger partial charge in [-0.3, -0.25) is 0 Å². The number of unbranched alkanes of at least 4 members (excludes halogenated alkanes) is 2. The summed E-state index contributed by atoms with van der Waals surface area (Å²) in [6, 6.07) is 30.6. The molecule has 0 aliphatic rings. The Balaban J connectivity index is 1.83. The van der Waals surface area contributed by atoms with Crippen LogP contribution in [0.2, 0.25) is 0 Å². The molecule has 0 unspecified atom stereocenters. The third-order valence-electron chi connectivity index (χ3n) is 4.26. The molecule has 3 aromatic rings. The largest absolute Gasteiger partial charge is 0.303 e. The second kappa shape index (κ2) is 9.30. The lowest BCUT2D eigenvalue weighted by Crippen LogP contribution is -2.20. The summed E-state index contributed by atoms with van der Waals surface area (Å²) in [7, 11) is -0.523. The highest BCUT2D eigenvalue weighted by molar-refractivity contribution is 7.79. The highest BCUT2D eigenvalue weighted by Crippen LogP contribution is 2.32. The standard InChI is InChI=1S/C23H23OP/c24-19-9-3-4-10-20-15-17-23(18-16-20)25(21-11-5-1-6-12-21)22-13-7-2-8-14-22/h1-2,5-8,11-19H,3-4,9-10H2. The van der Waals surface area contributed by atoms with Crippen LogP contribution >= 0.6 is 7.92 Å². The Morgan fingerprint density at radius 2 is 1.16 bits per heavy atom. The van der Waals surface area contributed by atoms with Gasteiger partial charge in [-0.1, -0.05) is 84.9 Å². The fraction of sp³-hybridized carbons (Fsp3) is 0.174. The Morgan fingerprint density at radius 3 is 1.68 bits per heavy atom. The minimum atomic E-state index is -0.523. The summed E-state index contributed by atoms with van der Waals surface area (Å²) in [5.74, 6) is 0. The molecule has 0 atom stereocenters. The van der Waals surface area contributed by atoms with Crippen LogP contribution in [-0.4, -0.2) is 6.29 Å². The number of aryl methyl sites for hydroxylation is 1. The van der Waals surface area contributed by atoms with E-state index in [9.17, 15) is 4.79 Å². The molecule has 0 N–H and O–H groups in total. The van der Waals surface area contributed by atoms with Crippen LogP contribution in [-0.2, 0) is 11.2 Å². The molecule has 0 heterocycles. The number of carbonyl (C=O) groups is 1. The van der Waals surface area contributed by atoms with Crippen molar-refractivity contribution < 1.29 is 4.79 Å². The second-order valence-electron chi connectivity index (χ2n) is 6.09. The zero-order valence-electron chi connectivity index (χ0n) is 14.3. The molecule has 0 bridgehead atoms. The van der Waals surface area contributed by atoms with Gasteiger partial charge >= 0.3 is 0 Å². The molecule has 0 aliphatic heterocycles. The summed E-state index contributed by atoms with van der Waals surface area (Å²) in [5, 5.41) is 4.13. The van der Waals surface area contributed by atoms with Crippen LogP contribution in [0.3, 0.4) is 0 Å². The molecular weight excluding hydrogens is 323 g/mol. The van der Waals surface area contributed by atoms with E-state index in [1.807, 2.05) is 0 Å². The molecule has 0 radical (unpaired) electrons. The zero-order chi connectivity index (χ0) is 17.3. The van der Waals surface area contributed by atoms with E-state index in [2.05, 4.69) is 84.9 Å². The van der Waals surface area contributed by atoms with E-state index in [1.54, 1.807) is 0 Å². The second-order valence-corrected chi connectivity index (χ2v) is 8.31. The first-order valence-corrected chi connectivity index (χ1v) is 10.2. The first-order valence-electron chi connectivity index (χ1n) is 8.81. The van der Waals surface area contributed by atoms with Crippen molar-refractivity contribution in [3.8, 4) is 0 Å². The molecule has 1 nitrogen and oxygen atoms in total. The quantitative estimate of drug-likeness (QED) is 0.337. The number of benzene rings is 3. The van der Waals surface area contributed by atoms with Crippen molar-refractivity contribution in [3.05, 3.63) is 90.5 Å². The Hall–Kier alpha value is -2.24. The molecule has 3 aromatic carbocycles. The summed E-state index contributed by atoms with van der Waals surface area (Å²) in [5.41, 5.74) is 1.35. The van der Waals surface area contributed by atoms with Crippen LogP contribution in [0.5, 0.6) is 0 Å². The summed E-state index contributed by atoms with van der Waals surface area (Å²) in [6.07, 6.45) is 4.78. The first kappa shape index (κ1) is 17.6. The number of rotatable bonds is 8. The van der Waals surface area contributed by atoms with E-state index < -0.39 is 7.92 Å². The predicted octanol–water partition coefficient (Wildman–Crippen LogP) is 4.36. The van der Waals surface area contributed by atoms with Gasteiger partial charge in [0, 0.05) is 6.42 Å². The molecular formula is C23H23OP. The van der Waals surface area contributed by atoms with E-state index in [4.69, 9.17) is 0 Å². The molecule has 126 valence electrons. The van der Waals surface area contributed by atoms with Gasteiger partial charge in [-0.15, -0.1) is 0 Å². The van der Waals surface area contributed by atoms with Crippen LogP contribution in [0.15, 0.2) is 84.9 Å². The Bertz CT molecular complexity index is 727. The van der Waals surface area contributed by atoms with E-state index >= 15 is 0 Å². The molecule has 0 saturated carbocycles. The molecule has 2 heteroatoms. The fourth-order valence-corrected chi connectivity index (χ4v) is 5.25. The van der Waals surface area contributed by atoms with E-state index in [1.165, 1.54) is 21.5 Å². The maximum atomic E-state index is 10.4. The maximum absolute atomic E-state index is 10.4. The smallest absolute Gasteiger partial charge is 0.119 e. The maximum Gasteiger partial charge on any atom is 0.119 e. The van der Waals surface area contributed by atoms with Crippen LogP contribution < -0.4 is 15.9 Å². The van der Waals surface area contributed by atoms with E-state index in [-0.39, 0.29) is 0 Å². The molecule has 25 heavy (non-hydrogen) atoms. The van der Waals surface area contributed by atoms with Gasteiger partial charge in [0.15, 0.2) is 0 Å². The Labute approximate surface area is 151 Å². The van der Waals surface area contributed by atoms with E-state index in [0.717, 1.165) is 25.5 Å². The van der Waals surface area contributed by atoms with Crippen LogP contribution in [0.25, 0.3) is 0 Å². The van der Waals surface area contributed by atoms with Gasteiger partial charge in [0.2, 0.25) is 0 Å². The van der Waals surface area contributed by atoms with Gasteiger partial charge in [-0.05, 0) is 48.7 Å². The topological polar surface area (TPSA) is 17.1 Å². The van der Waals surface area contributed by atoms with Gasteiger partial charge < -0.3 is 4.79 Å². The van der Waals surface area contributed by atoms with Crippen molar-refractivity contribution in [2.75, 3.05) is 0 Å². The summed E-state index contributed by atoms with van der Waals surface area (Å²) >= 11 is 0. The molecule has 0 aromatic heterocycles. The van der Waals surface area contributed by atoms with Gasteiger partial charge in [0.1, 0.15) is 6.29 Å². The van der Waals surface area contributed by atoms with Crippen LogP contribution in [0, 0.1) is 0 Å². The van der Waals surface area contributed by atoms with Crippen molar-refractivity contribution in [3.63, 3.8) is 0 Å². The third kappa shape index (κ3) is 4.87. The molecule has 3 rings (SSSR count). The lowest BCUT2D eigenvalue weighted by atomic mass is 10.1. The van der Waals surface area contributed by atoms with Crippen LogP contribution in [0.4, 0.5) is 0 Å². The van der Waals surface area contributed by atoms with Crippen molar-refractivity contribution in [2.24, 2.45) is 0 Å². The Kier molecular flexibility index (Phi) is 6.54. The molecule has 0 aliphatic carbocycles. The van der Waals surface area contributed by atoms with Crippen molar-refractivity contribution in [1.29, 1.82) is 0 Å². The number of hydrogen-bond donors (Lipinski definition) is 0. The summed E-state index contributed by atoms with van der Waals surface area (Å²) in [4.78, 5) is 10.4. The first-order chi connectivity index (χ1) is 12.4. The van der Waals surface area contributed by atoms with Crippen molar-refractivity contribution in [2.45, 2.75) is 25.7 Å². The Morgan fingerprint density at radius 1 is 0.640 bits per heavy atom. The molecule has 0 amide bonds. The molecule has 0 saturated heterocycles. The third-order valence-corrected chi connectivity index (χ3v) is 6.70. The summed E-state index contributed by atoms with van der Waals surface area (Å²) in [6.45, 7) is 0. The normalized spacial score (nSPS) is 10.8. The average molecular weight is 346 g/mol. The van der Waals surface area contributed by atoms with Gasteiger partial charge in [-0.25, -0.2) is 0 Å². The average Bonchev–Trinajstić information content (AvgIpc) is 2.68. The highest BCUT2D eigenvalue weighted by Gasteiger charge is 2.15. The number of carbonyl (C=O) groups excluding carboxylic acids is 1. The predicted molar refractivity (Wildman–Crippen MR) is 109 cm³/mol. The lowest BCUT2D eigenvalue weighted by molar-refractivity contribution is -0.107. The van der Waals surface area contributed by atoms with Crippen molar-refractivity contribution in [1.82, 2.24) is 0 Å². The SMILES string of the molecule is O=CCCCCc1ccc(P(c2ccccc2)c2ccccc2)cc1. The number of aldehydes is 1. The van der Waals surface area contributed by atoms with Gasteiger partial charge in [0.25, 0.3) is 0 Å². The minimum Gasteiger partial charge on any atom is -0.303 e. The highest BCUT2D eigenvalue weighted by atomic mass is 31.1. The van der Waals surface area contributed by atoms with E-state index in [0.29, 0.717) is 6.42 Å². The minimum absolute atomic E-state index is 0.523. The fourth-order valence-electron chi connectivity index (χ4n) is 2.97. The van der Waals surface area contributed by atoms with Crippen molar-refractivity contribution >= 4 is 30.1 Å². The van der Waals surface area contributed by atoms with Gasteiger partial charge in [-0.2, -0.15) is 0 Å². The van der Waals surface area contributed by atoms with Gasteiger partial charge in [0.05, 0.1) is 0 Å².